The van der Waals surface area contributed by atoms with Crippen molar-refractivity contribution in [2.75, 3.05) is 16.8 Å². The van der Waals surface area contributed by atoms with Gasteiger partial charge >= 0.3 is 18.2 Å². The Hall–Kier alpha value is -2.85. The predicted molar refractivity (Wildman–Crippen MR) is 89.3 cm³/mol. The van der Waals surface area contributed by atoms with Gasteiger partial charge in [0, 0.05) is 18.5 Å². The number of alkyl halides is 3. The summed E-state index contributed by atoms with van der Waals surface area (Å²) < 4.78 is 57.8. The van der Waals surface area contributed by atoms with Crippen LogP contribution in [0.2, 0.25) is 0 Å². The molecule has 0 aromatic heterocycles. The minimum Gasteiger partial charge on any atom is -0.481 e. The van der Waals surface area contributed by atoms with Gasteiger partial charge in [0.1, 0.15) is 12.4 Å². The second kappa shape index (κ2) is 8.44. The Morgan fingerprint density at radius 3 is 2.57 bits per heavy atom. The lowest BCUT2D eigenvalue weighted by Gasteiger charge is -2.29. The van der Waals surface area contributed by atoms with Crippen LogP contribution in [0.3, 0.4) is 0 Å². The van der Waals surface area contributed by atoms with Crippen molar-refractivity contribution in [3.05, 3.63) is 23.5 Å². The van der Waals surface area contributed by atoms with E-state index in [0.717, 1.165) is 12.1 Å². The number of fused-ring (bicyclic) bond motifs is 1. The molecule has 7 nitrogen and oxygen atoms in total. The summed E-state index contributed by atoms with van der Waals surface area (Å²) in [4.78, 5) is 35.7. The minimum atomic E-state index is -4.90. The summed E-state index contributed by atoms with van der Waals surface area (Å²) >= 11 is 0. The first-order valence-corrected chi connectivity index (χ1v) is 8.38. The largest absolute Gasteiger partial charge is 0.481 e. The van der Waals surface area contributed by atoms with E-state index in [9.17, 15) is 31.9 Å². The number of anilines is 2. The maximum absolute atomic E-state index is 14.2. The summed E-state index contributed by atoms with van der Waals surface area (Å²) in [5.41, 5.74) is 0.228. The highest BCUT2D eigenvalue weighted by Crippen LogP contribution is 2.34. The first kappa shape index (κ1) is 21.5. The first-order chi connectivity index (χ1) is 13.0. The molecule has 0 fully saturated rings. The highest BCUT2D eigenvalue weighted by Gasteiger charge is 2.42. The Labute approximate surface area is 157 Å². The van der Waals surface area contributed by atoms with Gasteiger partial charge in [-0.3, -0.25) is 14.5 Å². The molecule has 2 amide bonds. The fourth-order valence-corrected chi connectivity index (χ4v) is 2.76. The number of halogens is 4. The zero-order valence-corrected chi connectivity index (χ0v) is 14.8. The summed E-state index contributed by atoms with van der Waals surface area (Å²) in [6.07, 6.45) is -7.44. The van der Waals surface area contributed by atoms with Crippen LogP contribution in [0.15, 0.2) is 12.1 Å². The Balaban J connectivity index is 2.22. The number of cyclic esters (lactones) is 1. The number of carboxylic acid groups (broad SMARTS) is 1. The molecular formula is C17H18F4N2O5. The summed E-state index contributed by atoms with van der Waals surface area (Å²) in [7, 11) is 0. The Morgan fingerprint density at radius 2 is 2.00 bits per heavy atom. The van der Waals surface area contributed by atoms with Crippen molar-refractivity contribution in [1.29, 1.82) is 0 Å². The van der Waals surface area contributed by atoms with Gasteiger partial charge in [0.25, 0.3) is 0 Å². The molecule has 0 aliphatic carbocycles. The summed E-state index contributed by atoms with van der Waals surface area (Å²) in [6.45, 7) is 1.89. The number of nitrogens with zero attached hydrogens (tertiary/aromatic N) is 1. The van der Waals surface area contributed by atoms with Crippen LogP contribution >= 0.6 is 0 Å². The highest BCUT2D eigenvalue weighted by atomic mass is 19.4. The van der Waals surface area contributed by atoms with E-state index >= 15 is 0 Å². The SMILES string of the molecule is CCCN1C(=O)OCc2cc(F)c(NC(=O)CC(CC(=O)O)C(F)(F)F)cc21. The number of hydrogen-bond donors (Lipinski definition) is 2. The van der Waals surface area contributed by atoms with E-state index in [-0.39, 0.29) is 18.8 Å². The van der Waals surface area contributed by atoms with E-state index in [1.54, 1.807) is 6.92 Å². The van der Waals surface area contributed by atoms with Gasteiger partial charge in [-0.25, -0.2) is 9.18 Å². The number of carbonyl (C=O) groups excluding carboxylic acids is 2. The van der Waals surface area contributed by atoms with Crippen molar-refractivity contribution >= 4 is 29.3 Å². The van der Waals surface area contributed by atoms with Crippen LogP contribution in [0.5, 0.6) is 0 Å². The topological polar surface area (TPSA) is 95.9 Å². The molecule has 28 heavy (non-hydrogen) atoms. The molecule has 1 aliphatic heterocycles. The number of ether oxygens (including phenoxy) is 1. The van der Waals surface area contributed by atoms with Crippen molar-refractivity contribution in [3.63, 3.8) is 0 Å². The van der Waals surface area contributed by atoms with Crippen LogP contribution in [-0.2, 0) is 20.9 Å². The van der Waals surface area contributed by atoms with Gasteiger partial charge in [-0.2, -0.15) is 13.2 Å². The Morgan fingerprint density at radius 1 is 1.32 bits per heavy atom. The number of benzene rings is 1. The molecule has 11 heteroatoms. The van der Waals surface area contributed by atoms with Crippen LogP contribution in [-0.4, -0.2) is 35.8 Å². The molecule has 1 heterocycles. The summed E-state index contributed by atoms with van der Waals surface area (Å²) in [5.74, 6) is -6.22. The smallest absolute Gasteiger partial charge is 0.414 e. The second-order valence-corrected chi connectivity index (χ2v) is 6.26. The molecular weight excluding hydrogens is 388 g/mol. The average molecular weight is 406 g/mol. The molecule has 0 radical (unpaired) electrons. The molecule has 1 aromatic carbocycles. The fourth-order valence-electron chi connectivity index (χ4n) is 2.76. The number of aliphatic carboxylic acids is 1. The normalized spacial score (nSPS) is 14.9. The maximum Gasteiger partial charge on any atom is 0.414 e. The van der Waals surface area contributed by atoms with Crippen molar-refractivity contribution in [2.24, 2.45) is 5.92 Å². The lowest BCUT2D eigenvalue weighted by atomic mass is 10.00. The highest BCUT2D eigenvalue weighted by molar-refractivity contribution is 5.95. The first-order valence-electron chi connectivity index (χ1n) is 8.38. The van der Waals surface area contributed by atoms with Gasteiger partial charge in [0.05, 0.1) is 23.7 Å². The van der Waals surface area contributed by atoms with Crippen molar-refractivity contribution in [1.82, 2.24) is 0 Å². The van der Waals surface area contributed by atoms with Gasteiger partial charge < -0.3 is 15.2 Å². The van der Waals surface area contributed by atoms with Crippen LogP contribution in [0, 0.1) is 11.7 Å². The standard InChI is InChI=1S/C17H18F4N2O5/c1-2-3-23-13-7-12(11(18)4-9(13)8-28-16(23)27)22-14(24)5-10(6-15(25)26)17(19,20)21/h4,7,10H,2-3,5-6,8H2,1H3,(H,22,24)(H,25,26). The number of carboxylic acids is 1. The minimum absolute atomic E-state index is 0.172. The van der Waals surface area contributed by atoms with E-state index in [2.05, 4.69) is 0 Å². The van der Waals surface area contributed by atoms with Gasteiger partial charge in [-0.15, -0.1) is 0 Å². The zero-order chi connectivity index (χ0) is 21.1. The zero-order valence-electron chi connectivity index (χ0n) is 14.8. The Kier molecular flexibility index (Phi) is 6.47. The number of carbonyl (C=O) groups is 3. The van der Waals surface area contributed by atoms with E-state index in [1.807, 2.05) is 5.32 Å². The van der Waals surface area contributed by atoms with Crippen LogP contribution in [0.4, 0.5) is 33.7 Å². The number of nitrogens with one attached hydrogen (secondary N) is 1. The van der Waals surface area contributed by atoms with Gasteiger partial charge in [-0.1, -0.05) is 6.92 Å². The van der Waals surface area contributed by atoms with Gasteiger partial charge in [0.15, 0.2) is 0 Å². The van der Waals surface area contributed by atoms with Crippen molar-refractivity contribution in [2.45, 2.75) is 39.0 Å². The summed E-state index contributed by atoms with van der Waals surface area (Å²) in [6, 6.07) is 2.18. The fraction of sp³-hybridized carbons (Fsp3) is 0.471. The molecule has 1 atom stereocenters. The van der Waals surface area contributed by atoms with E-state index in [0.29, 0.717) is 12.0 Å². The molecule has 1 unspecified atom stereocenters. The lowest BCUT2D eigenvalue weighted by molar-refractivity contribution is -0.185. The number of hydrogen-bond acceptors (Lipinski definition) is 4. The van der Waals surface area contributed by atoms with Crippen LogP contribution < -0.4 is 10.2 Å². The van der Waals surface area contributed by atoms with Gasteiger partial charge in [0.2, 0.25) is 5.91 Å². The van der Waals surface area contributed by atoms with Crippen molar-refractivity contribution in [3.8, 4) is 0 Å². The second-order valence-electron chi connectivity index (χ2n) is 6.26. The number of amides is 2. The van der Waals surface area contributed by atoms with Crippen LogP contribution in [0.25, 0.3) is 0 Å². The molecule has 1 aromatic rings. The average Bonchev–Trinajstić information content (AvgIpc) is 2.57. The predicted octanol–water partition coefficient (Wildman–Crippen LogP) is 3.67. The molecule has 1 aliphatic rings. The molecule has 2 rings (SSSR count). The molecule has 154 valence electrons. The van der Waals surface area contributed by atoms with Gasteiger partial charge in [-0.05, 0) is 18.6 Å². The Bertz CT molecular complexity index is 782. The van der Waals surface area contributed by atoms with E-state index in [1.165, 1.54) is 4.90 Å². The van der Waals surface area contributed by atoms with Crippen molar-refractivity contribution < 1.29 is 41.8 Å². The van der Waals surface area contributed by atoms with Crippen LogP contribution in [0.1, 0.15) is 31.7 Å². The quantitative estimate of drug-likeness (QED) is 0.674. The third-order valence-electron chi connectivity index (χ3n) is 4.07. The maximum atomic E-state index is 14.2. The van der Waals surface area contributed by atoms with E-state index in [4.69, 9.17) is 9.84 Å². The molecule has 0 bridgehead atoms. The molecule has 0 saturated heterocycles. The molecule has 2 N–H and O–H groups in total. The van der Waals surface area contributed by atoms with E-state index < -0.39 is 54.4 Å². The lowest BCUT2D eigenvalue weighted by Crippen LogP contribution is -2.36. The third kappa shape index (κ3) is 5.11. The summed E-state index contributed by atoms with van der Waals surface area (Å²) in [5, 5.41) is 10.6. The monoisotopic (exact) mass is 406 g/mol. The molecule has 0 spiro atoms. The number of rotatable bonds is 7. The molecule has 0 saturated carbocycles. The third-order valence-corrected chi connectivity index (χ3v) is 4.07.